The Morgan fingerprint density at radius 2 is 1.96 bits per heavy atom. The molecule has 1 aromatic heterocycles. The molecule has 27 heavy (non-hydrogen) atoms. The van der Waals surface area contributed by atoms with Crippen LogP contribution >= 0.6 is 11.3 Å². The molecule has 1 aromatic carbocycles. The van der Waals surface area contributed by atoms with Crippen molar-refractivity contribution >= 4 is 34.1 Å². The third kappa shape index (κ3) is 2.92. The lowest BCUT2D eigenvalue weighted by Gasteiger charge is -2.17. The monoisotopic (exact) mass is 379 g/mol. The van der Waals surface area contributed by atoms with Crippen LogP contribution < -0.4 is 5.32 Å². The van der Waals surface area contributed by atoms with Gasteiger partial charge in [-0.15, -0.1) is 11.3 Å². The maximum atomic E-state index is 12.5. The van der Waals surface area contributed by atoms with Gasteiger partial charge < -0.3 is 5.32 Å². The lowest BCUT2D eigenvalue weighted by molar-refractivity contribution is -0.116. The number of anilines is 1. The molecule has 1 aliphatic heterocycles. The number of carbonyl (C=O) groups excluding carboxylic acids is 3. The van der Waals surface area contributed by atoms with Gasteiger partial charge in [0.2, 0.25) is 5.91 Å². The van der Waals surface area contributed by atoms with E-state index in [0.717, 1.165) is 34.6 Å². The molecule has 0 radical (unpaired) electrons. The van der Waals surface area contributed by atoms with Crippen LogP contribution in [0.25, 0.3) is 0 Å². The summed E-state index contributed by atoms with van der Waals surface area (Å²) < 4.78 is 0. The highest BCUT2D eigenvalue weighted by molar-refractivity contribution is 7.16. The highest BCUT2D eigenvalue weighted by Crippen LogP contribution is 2.39. The molecule has 4 rings (SSSR count). The molecule has 0 bridgehead atoms. The van der Waals surface area contributed by atoms with Crippen molar-refractivity contribution in [1.82, 2.24) is 4.90 Å². The zero-order valence-electron chi connectivity index (χ0n) is 14.7. The van der Waals surface area contributed by atoms with Crippen LogP contribution in [-0.4, -0.2) is 29.2 Å². The summed E-state index contributed by atoms with van der Waals surface area (Å²) in [6.07, 6.45) is 2.77. The van der Waals surface area contributed by atoms with Crippen LogP contribution in [0.2, 0.25) is 0 Å². The number of rotatable bonds is 3. The number of amides is 3. The van der Waals surface area contributed by atoms with Gasteiger partial charge >= 0.3 is 0 Å². The van der Waals surface area contributed by atoms with E-state index in [0.29, 0.717) is 27.6 Å². The number of carbonyl (C=O) groups is 3. The second-order valence-electron chi connectivity index (χ2n) is 6.96. The maximum Gasteiger partial charge on any atom is 0.262 e. The first-order chi connectivity index (χ1) is 13.0. The minimum atomic E-state index is -0.479. The summed E-state index contributed by atoms with van der Waals surface area (Å²) in [5.74, 6) is -0.853. The van der Waals surface area contributed by atoms with Crippen LogP contribution in [0.1, 0.15) is 50.1 Å². The van der Waals surface area contributed by atoms with Crippen LogP contribution in [0.5, 0.6) is 0 Å². The van der Waals surface area contributed by atoms with Crippen LogP contribution in [0.3, 0.4) is 0 Å². The van der Waals surface area contributed by atoms with Crippen molar-refractivity contribution < 1.29 is 14.4 Å². The first-order valence-electron chi connectivity index (χ1n) is 8.79. The molecule has 0 saturated carbocycles. The summed E-state index contributed by atoms with van der Waals surface area (Å²) >= 11 is 1.42. The van der Waals surface area contributed by atoms with Crippen LogP contribution in [0.4, 0.5) is 5.00 Å². The molecule has 1 N–H and O–H groups in total. The average molecular weight is 379 g/mol. The Morgan fingerprint density at radius 3 is 2.59 bits per heavy atom. The summed E-state index contributed by atoms with van der Waals surface area (Å²) in [5.41, 5.74) is 2.16. The number of imide groups is 1. The number of nitrogens with zero attached hydrogens (tertiary/aromatic N) is 2. The molecule has 7 heteroatoms. The van der Waals surface area contributed by atoms with Gasteiger partial charge in [0, 0.05) is 4.88 Å². The minimum Gasteiger partial charge on any atom is -0.315 e. The van der Waals surface area contributed by atoms with E-state index in [1.165, 1.54) is 11.3 Å². The summed E-state index contributed by atoms with van der Waals surface area (Å²) in [4.78, 5) is 39.4. The topological polar surface area (TPSA) is 90.3 Å². The smallest absolute Gasteiger partial charge is 0.262 e. The number of hydrogen-bond acceptors (Lipinski definition) is 5. The molecule has 0 saturated heterocycles. The summed E-state index contributed by atoms with van der Waals surface area (Å²) in [7, 11) is 0. The van der Waals surface area contributed by atoms with Gasteiger partial charge in [0.05, 0.1) is 16.7 Å². The van der Waals surface area contributed by atoms with Gasteiger partial charge in [-0.1, -0.05) is 19.1 Å². The van der Waals surface area contributed by atoms with Crippen molar-refractivity contribution in [3.05, 3.63) is 51.4 Å². The quantitative estimate of drug-likeness (QED) is 0.830. The lowest BCUT2D eigenvalue weighted by Crippen LogP contribution is -2.37. The van der Waals surface area contributed by atoms with Crippen molar-refractivity contribution in [2.24, 2.45) is 5.92 Å². The van der Waals surface area contributed by atoms with Gasteiger partial charge in [-0.25, -0.2) is 0 Å². The summed E-state index contributed by atoms with van der Waals surface area (Å²) in [6, 6.07) is 8.72. The average Bonchev–Trinajstić information content (AvgIpc) is 3.11. The Balaban J connectivity index is 1.52. The zero-order chi connectivity index (χ0) is 19.1. The molecule has 0 spiro atoms. The number of nitriles is 1. The van der Waals surface area contributed by atoms with Gasteiger partial charge in [-0.3, -0.25) is 19.3 Å². The fraction of sp³-hybridized carbons (Fsp3) is 0.300. The van der Waals surface area contributed by atoms with Crippen molar-refractivity contribution in [1.29, 1.82) is 5.26 Å². The van der Waals surface area contributed by atoms with Gasteiger partial charge in [0.25, 0.3) is 11.8 Å². The molecule has 136 valence electrons. The molecule has 0 unspecified atom stereocenters. The Hall–Kier alpha value is -2.98. The molecular weight excluding hydrogens is 362 g/mol. The van der Waals surface area contributed by atoms with Crippen molar-refractivity contribution in [2.45, 2.75) is 26.2 Å². The standard InChI is InChI=1S/C20H17N3O3S/c1-11-6-7-12-15(9-21)18(27-16(12)8-11)22-17(24)10-23-19(25)13-4-2-3-5-14(13)20(23)26/h2-5,11H,6-8,10H2,1H3,(H,22,24)/t11-/m0/s1. The zero-order valence-corrected chi connectivity index (χ0v) is 15.6. The van der Waals surface area contributed by atoms with E-state index in [9.17, 15) is 19.6 Å². The van der Waals surface area contributed by atoms with E-state index < -0.39 is 17.7 Å². The van der Waals surface area contributed by atoms with E-state index in [2.05, 4.69) is 18.3 Å². The fourth-order valence-corrected chi connectivity index (χ4v) is 5.03. The Labute approximate surface area is 160 Å². The first-order valence-corrected chi connectivity index (χ1v) is 9.61. The Bertz CT molecular complexity index is 983. The number of nitrogens with one attached hydrogen (secondary N) is 1. The minimum absolute atomic E-state index is 0.314. The van der Waals surface area contributed by atoms with Gasteiger partial charge in [0.15, 0.2) is 0 Å². The molecule has 2 aliphatic rings. The van der Waals surface area contributed by atoms with Crippen LogP contribution in [0.15, 0.2) is 24.3 Å². The molecule has 1 atom stereocenters. The van der Waals surface area contributed by atoms with Gasteiger partial charge in [-0.2, -0.15) is 5.26 Å². The van der Waals surface area contributed by atoms with E-state index >= 15 is 0 Å². The number of hydrogen-bond donors (Lipinski definition) is 1. The largest absolute Gasteiger partial charge is 0.315 e. The molecule has 0 fully saturated rings. The highest BCUT2D eigenvalue weighted by atomic mass is 32.1. The molecule has 2 aromatic rings. The van der Waals surface area contributed by atoms with Crippen LogP contribution in [0, 0.1) is 17.2 Å². The molecule has 6 nitrogen and oxygen atoms in total. The van der Waals surface area contributed by atoms with E-state index in [1.54, 1.807) is 24.3 Å². The van der Waals surface area contributed by atoms with Crippen LogP contribution in [-0.2, 0) is 17.6 Å². The second kappa shape index (κ2) is 6.63. The molecular formula is C20H17N3O3S. The highest BCUT2D eigenvalue weighted by Gasteiger charge is 2.36. The Kier molecular flexibility index (Phi) is 4.28. The fourth-order valence-electron chi connectivity index (χ4n) is 3.65. The SMILES string of the molecule is C[C@H]1CCc2c(sc(NC(=O)CN3C(=O)c4ccccc4C3=O)c2C#N)C1. The maximum absolute atomic E-state index is 12.5. The third-order valence-electron chi connectivity index (χ3n) is 5.06. The third-order valence-corrected chi connectivity index (χ3v) is 6.23. The number of benzene rings is 1. The number of fused-ring (bicyclic) bond motifs is 2. The van der Waals surface area contributed by atoms with E-state index in [1.807, 2.05) is 0 Å². The van der Waals surface area contributed by atoms with Crippen molar-refractivity contribution in [2.75, 3.05) is 11.9 Å². The van der Waals surface area contributed by atoms with Gasteiger partial charge in [0.1, 0.15) is 17.6 Å². The molecule has 3 amide bonds. The molecule has 2 heterocycles. The number of thiophene rings is 1. The Morgan fingerprint density at radius 1 is 1.30 bits per heavy atom. The normalized spacial score (nSPS) is 18.1. The van der Waals surface area contributed by atoms with Crippen molar-refractivity contribution in [3.8, 4) is 6.07 Å². The van der Waals surface area contributed by atoms with E-state index in [4.69, 9.17) is 0 Å². The second-order valence-corrected chi connectivity index (χ2v) is 8.06. The molecule has 1 aliphatic carbocycles. The predicted molar refractivity (Wildman–Crippen MR) is 101 cm³/mol. The van der Waals surface area contributed by atoms with Crippen molar-refractivity contribution in [3.63, 3.8) is 0 Å². The van der Waals surface area contributed by atoms with Gasteiger partial charge in [-0.05, 0) is 42.9 Å². The first kappa shape index (κ1) is 17.4. The lowest BCUT2D eigenvalue weighted by atomic mass is 9.89. The van der Waals surface area contributed by atoms with E-state index in [-0.39, 0.29) is 6.54 Å². The predicted octanol–water partition coefficient (Wildman–Crippen LogP) is 2.98. The summed E-state index contributed by atoms with van der Waals surface area (Å²) in [5, 5.41) is 12.8. The summed E-state index contributed by atoms with van der Waals surface area (Å²) in [6.45, 7) is 1.81.